The molecule has 2 rings (SSSR count). The van der Waals surface area contributed by atoms with E-state index in [1.54, 1.807) is 0 Å². The van der Waals surface area contributed by atoms with Crippen LogP contribution in [0.4, 0.5) is 5.69 Å². The number of hydrogen-bond donors (Lipinski definition) is 1. The van der Waals surface area contributed by atoms with E-state index in [1.807, 2.05) is 0 Å². The molecular formula is C12H9NO5. The zero-order valence-corrected chi connectivity index (χ0v) is 9.15. The predicted octanol–water partition coefficient (Wildman–Crippen LogP) is 1.63. The first-order chi connectivity index (χ1) is 8.58. The summed E-state index contributed by atoms with van der Waals surface area (Å²) >= 11 is 0. The average Bonchev–Trinajstić information content (AvgIpc) is 2.38. The fourth-order valence-electron chi connectivity index (χ4n) is 1.50. The predicted molar refractivity (Wildman–Crippen MR) is 62.1 cm³/mol. The molecular weight excluding hydrogens is 238 g/mol. The highest BCUT2D eigenvalue weighted by atomic mass is 16.6. The Bertz CT molecular complexity index is 617. The zero-order valence-electron chi connectivity index (χ0n) is 9.15. The van der Waals surface area contributed by atoms with Gasteiger partial charge in [0.05, 0.1) is 4.92 Å². The standard InChI is InChI=1S/C12H9NO5/c14-11-3-1-2-10(18-11)12(15)8-4-6-9(7-5-8)13(16)17/h1-7,12,15H. The summed E-state index contributed by atoms with van der Waals surface area (Å²) in [5, 5.41) is 20.4. The van der Waals surface area contributed by atoms with Crippen molar-refractivity contribution in [3.8, 4) is 0 Å². The molecule has 0 spiro atoms. The van der Waals surface area contributed by atoms with Crippen LogP contribution in [0.5, 0.6) is 0 Å². The molecule has 0 aliphatic carbocycles. The molecule has 2 aromatic rings. The third-order valence-corrected chi connectivity index (χ3v) is 2.40. The van der Waals surface area contributed by atoms with Crippen LogP contribution in [0.2, 0.25) is 0 Å². The van der Waals surface area contributed by atoms with E-state index in [1.165, 1.54) is 42.5 Å². The van der Waals surface area contributed by atoms with Gasteiger partial charge in [0.15, 0.2) is 0 Å². The van der Waals surface area contributed by atoms with Crippen LogP contribution in [-0.2, 0) is 0 Å². The Morgan fingerprint density at radius 2 is 1.83 bits per heavy atom. The fourth-order valence-corrected chi connectivity index (χ4v) is 1.50. The number of rotatable bonds is 3. The Morgan fingerprint density at radius 3 is 2.39 bits per heavy atom. The number of nitro benzene ring substituents is 1. The summed E-state index contributed by atoms with van der Waals surface area (Å²) in [6.07, 6.45) is -1.13. The van der Waals surface area contributed by atoms with Crippen molar-refractivity contribution in [1.82, 2.24) is 0 Å². The summed E-state index contributed by atoms with van der Waals surface area (Å²) in [5.74, 6) is 0.0938. The lowest BCUT2D eigenvalue weighted by atomic mass is 10.1. The molecule has 0 aliphatic heterocycles. The van der Waals surface area contributed by atoms with E-state index in [2.05, 4.69) is 0 Å². The van der Waals surface area contributed by atoms with Gasteiger partial charge in [-0.3, -0.25) is 10.1 Å². The van der Waals surface area contributed by atoms with E-state index >= 15 is 0 Å². The first-order valence-electron chi connectivity index (χ1n) is 5.10. The molecule has 6 heteroatoms. The molecule has 1 atom stereocenters. The van der Waals surface area contributed by atoms with Gasteiger partial charge in [0.25, 0.3) is 5.69 Å². The van der Waals surface area contributed by atoms with Crippen LogP contribution in [0.25, 0.3) is 0 Å². The molecule has 1 aromatic heterocycles. The van der Waals surface area contributed by atoms with Crippen LogP contribution in [0, 0.1) is 10.1 Å². The molecule has 6 nitrogen and oxygen atoms in total. The molecule has 0 saturated carbocycles. The largest absolute Gasteiger partial charge is 0.425 e. The summed E-state index contributed by atoms with van der Waals surface area (Å²) in [7, 11) is 0. The Labute approximate surface area is 101 Å². The molecule has 0 amide bonds. The number of aliphatic hydroxyl groups excluding tert-OH is 1. The van der Waals surface area contributed by atoms with Gasteiger partial charge in [0, 0.05) is 18.2 Å². The van der Waals surface area contributed by atoms with Gasteiger partial charge < -0.3 is 9.52 Å². The molecule has 0 saturated heterocycles. The van der Waals surface area contributed by atoms with Crippen molar-refractivity contribution in [2.24, 2.45) is 0 Å². The Balaban J connectivity index is 2.31. The van der Waals surface area contributed by atoms with Gasteiger partial charge in [0.2, 0.25) is 0 Å². The van der Waals surface area contributed by atoms with Crippen molar-refractivity contribution in [3.05, 3.63) is 74.3 Å². The van der Waals surface area contributed by atoms with E-state index in [9.17, 15) is 20.0 Å². The maximum absolute atomic E-state index is 11.0. The third-order valence-electron chi connectivity index (χ3n) is 2.40. The quantitative estimate of drug-likeness (QED) is 0.657. The lowest BCUT2D eigenvalue weighted by Crippen LogP contribution is -2.04. The van der Waals surface area contributed by atoms with Gasteiger partial charge in [0.1, 0.15) is 11.9 Å². The number of nitrogens with zero attached hydrogens (tertiary/aromatic N) is 1. The Hall–Kier alpha value is -2.47. The summed E-state index contributed by atoms with van der Waals surface area (Å²) in [4.78, 5) is 21.0. The van der Waals surface area contributed by atoms with E-state index in [0.717, 1.165) is 0 Å². The molecule has 0 radical (unpaired) electrons. The van der Waals surface area contributed by atoms with Crippen molar-refractivity contribution in [2.45, 2.75) is 6.10 Å². The summed E-state index contributed by atoms with van der Waals surface area (Å²) in [5.41, 5.74) is -0.219. The van der Waals surface area contributed by atoms with Crippen LogP contribution < -0.4 is 5.63 Å². The van der Waals surface area contributed by atoms with Crippen LogP contribution in [0.15, 0.2) is 51.7 Å². The number of nitro groups is 1. The van der Waals surface area contributed by atoms with E-state index in [-0.39, 0.29) is 11.4 Å². The minimum atomic E-state index is -1.13. The van der Waals surface area contributed by atoms with Crippen LogP contribution in [0.1, 0.15) is 17.4 Å². The molecule has 18 heavy (non-hydrogen) atoms. The molecule has 0 fully saturated rings. The number of aliphatic hydroxyl groups is 1. The highest BCUT2D eigenvalue weighted by molar-refractivity contribution is 5.35. The summed E-state index contributed by atoms with van der Waals surface area (Å²) < 4.78 is 4.83. The minimum absolute atomic E-state index is 0.0690. The normalized spacial score (nSPS) is 12.1. The van der Waals surface area contributed by atoms with E-state index in [0.29, 0.717) is 5.56 Å². The fraction of sp³-hybridized carbons (Fsp3) is 0.0833. The second kappa shape index (κ2) is 4.80. The highest BCUT2D eigenvalue weighted by Gasteiger charge is 2.14. The molecule has 1 heterocycles. The lowest BCUT2D eigenvalue weighted by molar-refractivity contribution is -0.384. The average molecular weight is 247 g/mol. The third kappa shape index (κ3) is 2.44. The highest BCUT2D eigenvalue weighted by Crippen LogP contribution is 2.22. The monoisotopic (exact) mass is 247 g/mol. The molecule has 92 valence electrons. The molecule has 0 aliphatic rings. The van der Waals surface area contributed by atoms with Gasteiger partial charge >= 0.3 is 5.63 Å². The van der Waals surface area contributed by atoms with Crippen molar-refractivity contribution in [1.29, 1.82) is 0 Å². The first-order valence-corrected chi connectivity index (χ1v) is 5.10. The van der Waals surface area contributed by atoms with Gasteiger partial charge in [-0.05, 0) is 23.8 Å². The number of hydrogen-bond acceptors (Lipinski definition) is 5. The van der Waals surface area contributed by atoms with Gasteiger partial charge in [-0.25, -0.2) is 4.79 Å². The second-order valence-electron chi connectivity index (χ2n) is 3.60. The Morgan fingerprint density at radius 1 is 1.17 bits per heavy atom. The number of non-ortho nitro benzene ring substituents is 1. The van der Waals surface area contributed by atoms with Crippen LogP contribution in [0.3, 0.4) is 0 Å². The molecule has 1 unspecified atom stereocenters. The van der Waals surface area contributed by atoms with E-state index < -0.39 is 16.7 Å². The molecule has 1 aromatic carbocycles. The molecule has 0 bridgehead atoms. The maximum atomic E-state index is 11.0. The SMILES string of the molecule is O=c1cccc(C(O)c2ccc([N+](=O)[O-])cc2)o1. The second-order valence-corrected chi connectivity index (χ2v) is 3.60. The van der Waals surface area contributed by atoms with Gasteiger partial charge in [-0.2, -0.15) is 0 Å². The van der Waals surface area contributed by atoms with Gasteiger partial charge in [-0.1, -0.05) is 6.07 Å². The Kier molecular flexibility index (Phi) is 3.20. The minimum Gasteiger partial charge on any atom is -0.425 e. The first kappa shape index (κ1) is 12.0. The maximum Gasteiger partial charge on any atom is 0.335 e. The molecule has 1 N–H and O–H groups in total. The summed E-state index contributed by atoms with van der Waals surface area (Å²) in [6.45, 7) is 0. The van der Waals surface area contributed by atoms with E-state index in [4.69, 9.17) is 4.42 Å². The van der Waals surface area contributed by atoms with Crippen LogP contribution >= 0.6 is 0 Å². The lowest BCUT2D eigenvalue weighted by Gasteiger charge is -2.08. The zero-order chi connectivity index (χ0) is 13.1. The smallest absolute Gasteiger partial charge is 0.335 e. The number of benzene rings is 1. The van der Waals surface area contributed by atoms with Crippen molar-refractivity contribution < 1.29 is 14.4 Å². The van der Waals surface area contributed by atoms with Crippen molar-refractivity contribution in [3.63, 3.8) is 0 Å². The topological polar surface area (TPSA) is 93.6 Å². The van der Waals surface area contributed by atoms with Crippen LogP contribution in [-0.4, -0.2) is 10.0 Å². The van der Waals surface area contributed by atoms with Gasteiger partial charge in [-0.15, -0.1) is 0 Å². The van der Waals surface area contributed by atoms with Crippen molar-refractivity contribution in [2.75, 3.05) is 0 Å². The summed E-state index contributed by atoms with van der Waals surface area (Å²) in [6, 6.07) is 9.54. The van der Waals surface area contributed by atoms with Crippen molar-refractivity contribution >= 4 is 5.69 Å².